The summed E-state index contributed by atoms with van der Waals surface area (Å²) in [5, 5.41) is 3.22. The van der Waals surface area contributed by atoms with E-state index < -0.39 is 5.41 Å². The van der Waals surface area contributed by atoms with Crippen LogP contribution in [0.5, 0.6) is 11.5 Å². The van der Waals surface area contributed by atoms with Crippen LogP contribution in [-0.2, 0) is 10.2 Å². The highest BCUT2D eigenvalue weighted by Gasteiger charge is 2.51. The number of amides is 1. The molecule has 1 fully saturated rings. The molecule has 158 valence electrons. The van der Waals surface area contributed by atoms with Crippen molar-refractivity contribution in [2.75, 3.05) is 12.1 Å². The number of benzene rings is 3. The summed E-state index contributed by atoms with van der Waals surface area (Å²) in [5.74, 6) is 1.98. The smallest absolute Gasteiger partial charge is 0.235 e. The van der Waals surface area contributed by atoms with Gasteiger partial charge in [-0.3, -0.25) is 4.79 Å². The van der Waals surface area contributed by atoms with E-state index in [-0.39, 0.29) is 12.7 Å². The van der Waals surface area contributed by atoms with Crippen LogP contribution in [0.15, 0.2) is 60.7 Å². The molecule has 0 atom stereocenters. The minimum atomic E-state index is -0.485. The van der Waals surface area contributed by atoms with E-state index in [1.165, 1.54) is 11.1 Å². The normalized spacial score (nSPS) is 15.7. The zero-order valence-electron chi connectivity index (χ0n) is 18.2. The maximum absolute atomic E-state index is 13.4. The number of hydrogen-bond donors (Lipinski definition) is 1. The first-order valence-electron chi connectivity index (χ1n) is 10.9. The number of anilines is 1. The molecule has 1 heterocycles. The molecule has 0 radical (unpaired) electrons. The summed E-state index contributed by atoms with van der Waals surface area (Å²) >= 11 is 0. The van der Waals surface area contributed by atoms with E-state index in [4.69, 9.17) is 9.47 Å². The van der Waals surface area contributed by atoms with Crippen molar-refractivity contribution in [1.82, 2.24) is 0 Å². The second-order valence-corrected chi connectivity index (χ2v) is 8.91. The summed E-state index contributed by atoms with van der Waals surface area (Å²) in [6.45, 7) is 6.67. The standard InChI is InChI=1S/C27H27NO3/c1-17(2)19-5-4-6-20(13-19)21-8-7-18(3)23(14-21)28-26(29)27(11-12-27)22-9-10-24-25(15-22)31-16-30-24/h4-10,13-15,17H,11-12,16H2,1-3H3,(H,28,29). The number of fused-ring (bicyclic) bond motifs is 1. The van der Waals surface area contributed by atoms with Crippen molar-refractivity contribution >= 4 is 11.6 Å². The van der Waals surface area contributed by atoms with E-state index in [9.17, 15) is 4.79 Å². The molecule has 0 saturated heterocycles. The molecule has 3 aromatic rings. The fraction of sp³-hybridized carbons (Fsp3) is 0.296. The highest BCUT2D eigenvalue weighted by molar-refractivity contribution is 6.02. The third-order valence-electron chi connectivity index (χ3n) is 6.48. The lowest BCUT2D eigenvalue weighted by Gasteiger charge is -2.18. The summed E-state index contributed by atoms with van der Waals surface area (Å²) < 4.78 is 10.9. The molecule has 0 spiro atoms. The molecule has 1 N–H and O–H groups in total. The predicted octanol–water partition coefficient (Wildman–Crippen LogP) is 6.18. The third-order valence-corrected chi connectivity index (χ3v) is 6.48. The topological polar surface area (TPSA) is 47.6 Å². The van der Waals surface area contributed by atoms with Gasteiger partial charge in [0.2, 0.25) is 12.7 Å². The Balaban J connectivity index is 1.42. The van der Waals surface area contributed by atoms with Crippen LogP contribution < -0.4 is 14.8 Å². The van der Waals surface area contributed by atoms with E-state index in [0.717, 1.165) is 46.7 Å². The Morgan fingerprint density at radius 2 is 1.71 bits per heavy atom. The number of carbonyl (C=O) groups is 1. The Labute approximate surface area is 183 Å². The van der Waals surface area contributed by atoms with E-state index in [2.05, 4.69) is 61.6 Å². The van der Waals surface area contributed by atoms with Crippen LogP contribution in [0.2, 0.25) is 0 Å². The first-order valence-corrected chi connectivity index (χ1v) is 10.9. The average molecular weight is 414 g/mol. The zero-order chi connectivity index (χ0) is 21.6. The van der Waals surface area contributed by atoms with Crippen molar-refractivity contribution in [3.05, 3.63) is 77.4 Å². The van der Waals surface area contributed by atoms with Gasteiger partial charge in [-0.1, -0.05) is 56.3 Å². The van der Waals surface area contributed by atoms with Crippen molar-refractivity contribution < 1.29 is 14.3 Å². The molecule has 4 heteroatoms. The van der Waals surface area contributed by atoms with Gasteiger partial charge < -0.3 is 14.8 Å². The minimum Gasteiger partial charge on any atom is -0.454 e. The average Bonchev–Trinajstić information content (AvgIpc) is 3.46. The lowest BCUT2D eigenvalue weighted by Crippen LogP contribution is -2.28. The molecule has 1 aliphatic carbocycles. The molecule has 0 unspecified atom stereocenters. The van der Waals surface area contributed by atoms with Crippen molar-refractivity contribution in [3.8, 4) is 22.6 Å². The Kier molecular flexibility index (Phi) is 4.73. The van der Waals surface area contributed by atoms with Crippen LogP contribution in [-0.4, -0.2) is 12.7 Å². The molecule has 3 aromatic carbocycles. The third kappa shape index (κ3) is 3.56. The van der Waals surface area contributed by atoms with Crippen LogP contribution in [0.4, 0.5) is 5.69 Å². The van der Waals surface area contributed by atoms with Gasteiger partial charge in [-0.15, -0.1) is 0 Å². The molecule has 1 saturated carbocycles. The van der Waals surface area contributed by atoms with Crippen molar-refractivity contribution in [1.29, 1.82) is 0 Å². The number of ether oxygens (including phenoxy) is 2. The lowest BCUT2D eigenvalue weighted by atomic mass is 9.93. The van der Waals surface area contributed by atoms with Gasteiger partial charge in [0.15, 0.2) is 11.5 Å². The molecule has 0 bridgehead atoms. The number of nitrogens with one attached hydrogen (secondary N) is 1. The minimum absolute atomic E-state index is 0.0440. The van der Waals surface area contributed by atoms with Gasteiger partial charge in [-0.2, -0.15) is 0 Å². The van der Waals surface area contributed by atoms with Crippen molar-refractivity contribution in [2.24, 2.45) is 0 Å². The van der Waals surface area contributed by atoms with Gasteiger partial charge >= 0.3 is 0 Å². The molecule has 1 amide bonds. The molecule has 1 aliphatic heterocycles. The van der Waals surface area contributed by atoms with E-state index in [1.807, 2.05) is 25.1 Å². The first kappa shape index (κ1) is 19.7. The second kappa shape index (κ2) is 7.45. The summed E-state index contributed by atoms with van der Waals surface area (Å²) in [6.07, 6.45) is 1.68. The van der Waals surface area contributed by atoms with E-state index in [0.29, 0.717) is 5.92 Å². The first-order chi connectivity index (χ1) is 15.0. The largest absolute Gasteiger partial charge is 0.454 e. The van der Waals surface area contributed by atoms with Crippen LogP contribution in [0.3, 0.4) is 0 Å². The summed E-state index contributed by atoms with van der Waals surface area (Å²) in [7, 11) is 0. The summed E-state index contributed by atoms with van der Waals surface area (Å²) in [6, 6.07) is 20.7. The van der Waals surface area contributed by atoms with Crippen LogP contribution in [0, 0.1) is 6.92 Å². The predicted molar refractivity (Wildman–Crippen MR) is 123 cm³/mol. The number of rotatable bonds is 5. The van der Waals surface area contributed by atoms with Crippen LogP contribution >= 0.6 is 0 Å². The molecule has 4 nitrogen and oxygen atoms in total. The van der Waals surface area contributed by atoms with Gasteiger partial charge in [-0.25, -0.2) is 0 Å². The Morgan fingerprint density at radius 3 is 2.48 bits per heavy atom. The van der Waals surface area contributed by atoms with Gasteiger partial charge in [0.25, 0.3) is 0 Å². The SMILES string of the molecule is Cc1ccc(-c2cccc(C(C)C)c2)cc1NC(=O)C1(c2ccc3c(c2)OCO3)CC1. The molecule has 2 aliphatic rings. The summed E-state index contributed by atoms with van der Waals surface area (Å²) in [4.78, 5) is 13.4. The zero-order valence-corrected chi connectivity index (χ0v) is 18.2. The Morgan fingerprint density at radius 1 is 0.935 bits per heavy atom. The fourth-order valence-corrected chi connectivity index (χ4v) is 4.22. The molecular formula is C27H27NO3. The lowest BCUT2D eigenvalue weighted by molar-refractivity contribution is -0.118. The van der Waals surface area contributed by atoms with Gasteiger partial charge in [-0.05, 0) is 71.7 Å². The number of hydrogen-bond acceptors (Lipinski definition) is 3. The fourth-order valence-electron chi connectivity index (χ4n) is 4.22. The molecule has 5 rings (SSSR count). The molecular weight excluding hydrogens is 386 g/mol. The second-order valence-electron chi connectivity index (χ2n) is 8.91. The quantitative estimate of drug-likeness (QED) is 0.543. The van der Waals surface area contributed by atoms with Crippen LogP contribution in [0.25, 0.3) is 11.1 Å². The maximum Gasteiger partial charge on any atom is 0.235 e. The van der Waals surface area contributed by atoms with Crippen LogP contribution in [0.1, 0.15) is 49.3 Å². The summed E-state index contributed by atoms with van der Waals surface area (Å²) in [5.41, 5.74) is 6.01. The number of aryl methyl sites for hydroxylation is 1. The van der Waals surface area contributed by atoms with E-state index in [1.54, 1.807) is 0 Å². The number of carbonyl (C=O) groups excluding carboxylic acids is 1. The van der Waals surface area contributed by atoms with Gasteiger partial charge in [0.1, 0.15) is 0 Å². The molecule has 0 aromatic heterocycles. The van der Waals surface area contributed by atoms with Crippen molar-refractivity contribution in [3.63, 3.8) is 0 Å². The highest BCUT2D eigenvalue weighted by atomic mass is 16.7. The monoisotopic (exact) mass is 413 g/mol. The Hall–Kier alpha value is -3.27. The Bertz CT molecular complexity index is 1160. The highest BCUT2D eigenvalue weighted by Crippen LogP contribution is 2.51. The van der Waals surface area contributed by atoms with E-state index >= 15 is 0 Å². The van der Waals surface area contributed by atoms with Gasteiger partial charge in [0, 0.05) is 5.69 Å². The molecule has 31 heavy (non-hydrogen) atoms. The maximum atomic E-state index is 13.4. The van der Waals surface area contributed by atoms with Crippen molar-refractivity contribution in [2.45, 2.75) is 44.9 Å². The van der Waals surface area contributed by atoms with Gasteiger partial charge in [0.05, 0.1) is 5.41 Å².